The number of carboxylic acids is 1. The number of aliphatic carboxylic acids is 1. The van der Waals surface area contributed by atoms with E-state index in [0.717, 1.165) is 12.2 Å². The highest BCUT2D eigenvalue weighted by molar-refractivity contribution is 5.74. The van der Waals surface area contributed by atoms with Crippen LogP contribution in [0.15, 0.2) is 30.3 Å². The summed E-state index contributed by atoms with van der Waals surface area (Å²) in [5, 5.41) is 8.72. The van der Waals surface area contributed by atoms with E-state index >= 15 is 0 Å². The van der Waals surface area contributed by atoms with Gasteiger partial charge < -0.3 is 15.7 Å². The molecule has 0 saturated heterocycles. The molecular weight excluding hydrogens is 192 g/mol. The first-order chi connectivity index (χ1) is 7.15. The number of nitrogens with two attached hydrogens (primary N) is 1. The van der Waals surface area contributed by atoms with Crippen molar-refractivity contribution in [3.63, 3.8) is 0 Å². The van der Waals surface area contributed by atoms with Crippen LogP contribution in [-0.2, 0) is 4.79 Å². The maximum absolute atomic E-state index is 10.6. The molecule has 0 radical (unpaired) electrons. The number of anilines is 1. The summed E-state index contributed by atoms with van der Waals surface area (Å²) in [4.78, 5) is 12.6. The zero-order valence-electron chi connectivity index (χ0n) is 8.76. The van der Waals surface area contributed by atoms with Gasteiger partial charge >= 0.3 is 5.97 Å². The van der Waals surface area contributed by atoms with Gasteiger partial charge in [0.15, 0.2) is 0 Å². The van der Waals surface area contributed by atoms with Gasteiger partial charge in [-0.05, 0) is 19.1 Å². The molecule has 0 heterocycles. The lowest BCUT2D eigenvalue weighted by Gasteiger charge is -2.24. The van der Waals surface area contributed by atoms with Crippen molar-refractivity contribution in [2.45, 2.75) is 13.0 Å². The van der Waals surface area contributed by atoms with E-state index in [-0.39, 0.29) is 0 Å². The van der Waals surface area contributed by atoms with Crippen LogP contribution in [0, 0.1) is 0 Å². The number of nitrogens with zero attached hydrogens (tertiary/aromatic N) is 1. The summed E-state index contributed by atoms with van der Waals surface area (Å²) in [6.45, 7) is 3.04. The predicted octanol–water partition coefficient (Wildman–Crippen LogP) is 0.925. The van der Waals surface area contributed by atoms with Gasteiger partial charge in [0.05, 0.1) is 0 Å². The minimum atomic E-state index is -0.968. The van der Waals surface area contributed by atoms with Crippen molar-refractivity contribution in [2.24, 2.45) is 5.73 Å². The number of likely N-dealkylation sites (N-methyl/N-ethyl adjacent to an activating group) is 1. The summed E-state index contributed by atoms with van der Waals surface area (Å²) in [5.41, 5.74) is 6.49. The Labute approximate surface area is 89.3 Å². The molecule has 3 N–H and O–H groups in total. The molecule has 0 bridgehead atoms. The third kappa shape index (κ3) is 3.25. The third-order valence-electron chi connectivity index (χ3n) is 2.24. The number of hydrogen-bond acceptors (Lipinski definition) is 3. The predicted molar refractivity (Wildman–Crippen MR) is 59.9 cm³/mol. The van der Waals surface area contributed by atoms with Crippen molar-refractivity contribution in [1.29, 1.82) is 0 Å². The highest BCUT2D eigenvalue weighted by atomic mass is 16.4. The van der Waals surface area contributed by atoms with Crippen LogP contribution in [0.1, 0.15) is 6.92 Å². The van der Waals surface area contributed by atoms with E-state index in [1.165, 1.54) is 0 Å². The van der Waals surface area contributed by atoms with E-state index in [9.17, 15) is 4.79 Å². The second-order valence-corrected chi connectivity index (χ2v) is 3.32. The van der Waals surface area contributed by atoms with Gasteiger partial charge in [0.25, 0.3) is 0 Å². The van der Waals surface area contributed by atoms with Gasteiger partial charge in [0.2, 0.25) is 0 Å². The molecule has 4 heteroatoms. The lowest BCUT2D eigenvalue weighted by molar-refractivity contribution is -0.138. The number of carbonyl (C=O) groups is 1. The van der Waals surface area contributed by atoms with E-state index in [4.69, 9.17) is 10.8 Å². The first kappa shape index (κ1) is 11.5. The summed E-state index contributed by atoms with van der Waals surface area (Å²) >= 11 is 0. The summed E-state index contributed by atoms with van der Waals surface area (Å²) in [6, 6.07) is 8.81. The Hall–Kier alpha value is -1.55. The summed E-state index contributed by atoms with van der Waals surface area (Å²) in [5.74, 6) is -0.968. The molecule has 0 aliphatic carbocycles. The normalized spacial score (nSPS) is 12.1. The molecule has 1 aromatic rings. The molecule has 1 rings (SSSR count). The lowest BCUT2D eigenvalue weighted by atomic mass is 10.2. The van der Waals surface area contributed by atoms with E-state index in [0.29, 0.717) is 6.54 Å². The zero-order valence-corrected chi connectivity index (χ0v) is 8.76. The lowest BCUT2D eigenvalue weighted by Crippen LogP contribution is -2.42. The minimum Gasteiger partial charge on any atom is -0.480 e. The van der Waals surface area contributed by atoms with Crippen LogP contribution in [0.25, 0.3) is 0 Å². The second kappa shape index (κ2) is 5.36. The molecule has 0 aliphatic heterocycles. The molecule has 4 nitrogen and oxygen atoms in total. The average molecular weight is 208 g/mol. The summed E-state index contributed by atoms with van der Waals surface area (Å²) in [6.07, 6.45) is 0. The largest absolute Gasteiger partial charge is 0.480 e. The van der Waals surface area contributed by atoms with Gasteiger partial charge in [-0.2, -0.15) is 0 Å². The van der Waals surface area contributed by atoms with Crippen LogP contribution in [0.2, 0.25) is 0 Å². The Morgan fingerprint density at radius 1 is 1.47 bits per heavy atom. The van der Waals surface area contributed by atoms with Crippen molar-refractivity contribution in [3.8, 4) is 0 Å². The molecule has 0 spiro atoms. The van der Waals surface area contributed by atoms with E-state index < -0.39 is 12.0 Å². The monoisotopic (exact) mass is 208 g/mol. The van der Waals surface area contributed by atoms with E-state index in [2.05, 4.69) is 0 Å². The van der Waals surface area contributed by atoms with Crippen LogP contribution in [0.5, 0.6) is 0 Å². The molecule has 0 saturated carbocycles. The number of para-hydroxylation sites is 1. The fraction of sp³-hybridized carbons (Fsp3) is 0.364. The van der Waals surface area contributed by atoms with Crippen molar-refractivity contribution in [2.75, 3.05) is 18.0 Å². The van der Waals surface area contributed by atoms with Crippen molar-refractivity contribution in [1.82, 2.24) is 0 Å². The molecular formula is C11H16N2O2. The summed E-state index contributed by atoms with van der Waals surface area (Å²) in [7, 11) is 0. The molecule has 1 atom stereocenters. The third-order valence-corrected chi connectivity index (χ3v) is 2.24. The number of rotatable bonds is 5. The maximum atomic E-state index is 10.6. The van der Waals surface area contributed by atoms with Gasteiger partial charge in [-0.25, -0.2) is 0 Å². The number of benzene rings is 1. The average Bonchev–Trinajstić information content (AvgIpc) is 2.26. The Morgan fingerprint density at radius 3 is 2.53 bits per heavy atom. The zero-order chi connectivity index (χ0) is 11.3. The quantitative estimate of drug-likeness (QED) is 0.755. The second-order valence-electron chi connectivity index (χ2n) is 3.32. The molecule has 0 aliphatic rings. The fourth-order valence-corrected chi connectivity index (χ4v) is 1.37. The molecule has 0 aromatic heterocycles. The van der Waals surface area contributed by atoms with E-state index in [1.54, 1.807) is 0 Å². The Bertz CT molecular complexity index is 314. The number of carboxylic acid groups (broad SMARTS) is 1. The fourth-order valence-electron chi connectivity index (χ4n) is 1.37. The smallest absolute Gasteiger partial charge is 0.322 e. The van der Waals surface area contributed by atoms with Crippen LogP contribution in [0.4, 0.5) is 5.69 Å². The Morgan fingerprint density at radius 2 is 2.07 bits per heavy atom. The molecule has 1 unspecified atom stereocenters. The van der Waals surface area contributed by atoms with Gasteiger partial charge in [-0.3, -0.25) is 4.79 Å². The SMILES string of the molecule is CCN(CC(N)C(=O)O)c1ccccc1. The maximum Gasteiger partial charge on any atom is 0.322 e. The Balaban J connectivity index is 2.69. The standard InChI is InChI=1S/C11H16N2O2/c1-2-13(8-10(12)11(14)15)9-6-4-3-5-7-9/h3-7,10H,2,8,12H2,1H3,(H,14,15). The van der Waals surface area contributed by atoms with Crippen LogP contribution in [-0.4, -0.2) is 30.2 Å². The van der Waals surface area contributed by atoms with Crippen LogP contribution >= 0.6 is 0 Å². The van der Waals surface area contributed by atoms with E-state index in [1.807, 2.05) is 42.2 Å². The topological polar surface area (TPSA) is 66.6 Å². The van der Waals surface area contributed by atoms with Gasteiger partial charge in [0, 0.05) is 18.8 Å². The first-order valence-electron chi connectivity index (χ1n) is 4.93. The first-order valence-corrected chi connectivity index (χ1v) is 4.93. The molecule has 0 fully saturated rings. The highest BCUT2D eigenvalue weighted by Crippen LogP contribution is 2.12. The molecule has 82 valence electrons. The van der Waals surface area contributed by atoms with Crippen molar-refractivity contribution < 1.29 is 9.90 Å². The highest BCUT2D eigenvalue weighted by Gasteiger charge is 2.15. The molecule has 1 aromatic carbocycles. The molecule has 0 amide bonds. The van der Waals surface area contributed by atoms with Gasteiger partial charge in [-0.1, -0.05) is 18.2 Å². The van der Waals surface area contributed by atoms with Gasteiger partial charge in [-0.15, -0.1) is 0 Å². The molecule has 15 heavy (non-hydrogen) atoms. The Kier molecular flexibility index (Phi) is 4.12. The van der Waals surface area contributed by atoms with Crippen LogP contribution < -0.4 is 10.6 Å². The van der Waals surface area contributed by atoms with Crippen molar-refractivity contribution in [3.05, 3.63) is 30.3 Å². The summed E-state index contributed by atoms with van der Waals surface area (Å²) < 4.78 is 0. The van der Waals surface area contributed by atoms with Crippen LogP contribution in [0.3, 0.4) is 0 Å². The number of hydrogen-bond donors (Lipinski definition) is 2. The van der Waals surface area contributed by atoms with Crippen molar-refractivity contribution >= 4 is 11.7 Å². The van der Waals surface area contributed by atoms with Gasteiger partial charge in [0.1, 0.15) is 6.04 Å². The minimum absolute atomic E-state index is 0.329.